The zero-order chi connectivity index (χ0) is 21.8. The summed E-state index contributed by atoms with van der Waals surface area (Å²) >= 11 is 0. The SMILES string of the molecule is CN(C)c1nc2ccc(-n3ncc4cc(C(=O)N5CCC(F)(F)CC5)cnc43)cn2n1. The van der Waals surface area contributed by atoms with E-state index < -0.39 is 5.92 Å². The van der Waals surface area contributed by atoms with Crippen molar-refractivity contribution in [3.05, 3.63) is 42.4 Å². The lowest BCUT2D eigenvalue weighted by atomic mass is 10.1. The van der Waals surface area contributed by atoms with Gasteiger partial charge >= 0.3 is 0 Å². The monoisotopic (exact) mass is 426 g/mol. The van der Waals surface area contributed by atoms with Gasteiger partial charge in [-0.25, -0.2) is 23.0 Å². The predicted molar refractivity (Wildman–Crippen MR) is 110 cm³/mol. The summed E-state index contributed by atoms with van der Waals surface area (Å²) in [6, 6.07) is 5.40. The van der Waals surface area contributed by atoms with Gasteiger partial charge in [-0.3, -0.25) is 4.79 Å². The number of hydrogen-bond donors (Lipinski definition) is 0. The number of rotatable bonds is 3. The molecule has 1 aliphatic rings. The van der Waals surface area contributed by atoms with E-state index in [1.807, 2.05) is 31.1 Å². The van der Waals surface area contributed by atoms with Gasteiger partial charge in [0.1, 0.15) is 0 Å². The summed E-state index contributed by atoms with van der Waals surface area (Å²) in [5.41, 5.74) is 2.38. The summed E-state index contributed by atoms with van der Waals surface area (Å²) in [7, 11) is 3.74. The number of carbonyl (C=O) groups excluding carboxylic acids is 1. The molecule has 1 amide bonds. The highest BCUT2D eigenvalue weighted by atomic mass is 19.3. The van der Waals surface area contributed by atoms with Crippen LogP contribution in [0.1, 0.15) is 23.2 Å². The first-order chi connectivity index (χ1) is 14.8. The molecule has 5 heterocycles. The minimum Gasteiger partial charge on any atom is -0.346 e. The third-order valence-electron chi connectivity index (χ3n) is 5.39. The van der Waals surface area contributed by atoms with Crippen LogP contribution in [0.25, 0.3) is 22.4 Å². The lowest BCUT2D eigenvalue weighted by Crippen LogP contribution is -2.42. The van der Waals surface area contributed by atoms with E-state index >= 15 is 0 Å². The van der Waals surface area contributed by atoms with Gasteiger partial charge in [-0.1, -0.05) is 0 Å². The number of halogens is 2. The van der Waals surface area contributed by atoms with Gasteiger partial charge in [-0.05, 0) is 18.2 Å². The zero-order valence-corrected chi connectivity index (χ0v) is 17.0. The van der Waals surface area contributed by atoms with Crippen LogP contribution >= 0.6 is 0 Å². The molecule has 0 N–H and O–H groups in total. The molecule has 0 aliphatic carbocycles. The molecular weight excluding hydrogens is 406 g/mol. The molecule has 0 atom stereocenters. The summed E-state index contributed by atoms with van der Waals surface area (Å²) in [4.78, 5) is 24.8. The maximum atomic E-state index is 13.4. The van der Waals surface area contributed by atoms with Crippen LogP contribution in [0.2, 0.25) is 0 Å². The molecule has 0 radical (unpaired) electrons. The van der Waals surface area contributed by atoms with E-state index in [2.05, 4.69) is 20.2 Å². The van der Waals surface area contributed by atoms with E-state index in [-0.39, 0.29) is 31.8 Å². The standard InChI is InChI=1S/C20H20F2N8O/c1-27(2)19-25-16-4-3-15(12-29(16)26-19)30-17-13(11-24-30)9-14(10-23-17)18(31)28-7-5-20(21,22)6-8-28/h3-4,9-12H,5-8H2,1-2H3. The van der Waals surface area contributed by atoms with Crippen molar-refractivity contribution in [3.8, 4) is 5.69 Å². The third-order valence-corrected chi connectivity index (χ3v) is 5.39. The van der Waals surface area contributed by atoms with Crippen LogP contribution in [0.5, 0.6) is 0 Å². The van der Waals surface area contributed by atoms with Crippen molar-refractivity contribution in [2.45, 2.75) is 18.8 Å². The van der Waals surface area contributed by atoms with E-state index in [4.69, 9.17) is 0 Å². The van der Waals surface area contributed by atoms with Gasteiger partial charge in [0.25, 0.3) is 11.8 Å². The van der Waals surface area contributed by atoms with Gasteiger partial charge in [0.05, 0.1) is 23.6 Å². The minimum absolute atomic E-state index is 0.0377. The van der Waals surface area contributed by atoms with Crippen molar-refractivity contribution in [2.75, 3.05) is 32.1 Å². The molecule has 11 heteroatoms. The van der Waals surface area contributed by atoms with Crippen molar-refractivity contribution >= 4 is 28.5 Å². The van der Waals surface area contributed by atoms with Crippen molar-refractivity contribution < 1.29 is 13.6 Å². The normalized spacial score (nSPS) is 16.2. The first-order valence-corrected chi connectivity index (χ1v) is 9.86. The third kappa shape index (κ3) is 3.45. The molecule has 0 bridgehead atoms. The average molecular weight is 426 g/mol. The number of piperidine rings is 1. The number of likely N-dealkylation sites (tertiary alicyclic amines) is 1. The van der Waals surface area contributed by atoms with Crippen LogP contribution in [0.15, 0.2) is 36.8 Å². The van der Waals surface area contributed by atoms with Crippen molar-refractivity contribution in [3.63, 3.8) is 0 Å². The number of amides is 1. The number of carbonyl (C=O) groups is 1. The van der Waals surface area contributed by atoms with E-state index in [0.717, 1.165) is 5.69 Å². The second-order valence-electron chi connectivity index (χ2n) is 7.84. The molecule has 0 aromatic carbocycles. The molecule has 0 saturated carbocycles. The molecule has 1 fully saturated rings. The fourth-order valence-electron chi connectivity index (χ4n) is 3.62. The van der Waals surface area contributed by atoms with Gasteiger partial charge in [-0.2, -0.15) is 10.1 Å². The molecule has 9 nitrogen and oxygen atoms in total. The molecule has 1 saturated heterocycles. The van der Waals surface area contributed by atoms with Crippen molar-refractivity contribution in [1.29, 1.82) is 0 Å². The maximum absolute atomic E-state index is 13.4. The quantitative estimate of drug-likeness (QED) is 0.500. The van der Waals surface area contributed by atoms with E-state index in [1.54, 1.807) is 27.7 Å². The lowest BCUT2D eigenvalue weighted by Gasteiger charge is -2.31. The highest BCUT2D eigenvalue weighted by Gasteiger charge is 2.35. The van der Waals surface area contributed by atoms with Crippen molar-refractivity contribution in [2.24, 2.45) is 0 Å². The minimum atomic E-state index is -2.70. The number of hydrogen-bond acceptors (Lipinski definition) is 6. The smallest absolute Gasteiger partial charge is 0.255 e. The van der Waals surface area contributed by atoms with Crippen LogP contribution in [0.4, 0.5) is 14.7 Å². The molecule has 160 valence electrons. The molecule has 1 aliphatic heterocycles. The molecule has 0 unspecified atom stereocenters. The van der Waals surface area contributed by atoms with Gasteiger partial charge in [0.2, 0.25) is 5.95 Å². The summed E-state index contributed by atoms with van der Waals surface area (Å²) in [5.74, 6) is -2.39. The fraction of sp³-hybridized carbons (Fsp3) is 0.350. The van der Waals surface area contributed by atoms with Crippen LogP contribution in [-0.2, 0) is 0 Å². The van der Waals surface area contributed by atoms with Crippen LogP contribution < -0.4 is 4.90 Å². The molecule has 4 aromatic rings. The summed E-state index contributed by atoms with van der Waals surface area (Å²) < 4.78 is 30.1. The van der Waals surface area contributed by atoms with Gasteiger partial charge in [0.15, 0.2) is 11.3 Å². The van der Waals surface area contributed by atoms with Crippen LogP contribution in [0.3, 0.4) is 0 Å². The Morgan fingerprint density at radius 2 is 1.94 bits per heavy atom. The molecule has 0 spiro atoms. The summed E-state index contributed by atoms with van der Waals surface area (Å²) in [6.07, 6.45) is 4.27. The number of nitrogens with zero attached hydrogens (tertiary/aromatic N) is 8. The second kappa shape index (κ2) is 6.96. The Morgan fingerprint density at radius 3 is 2.68 bits per heavy atom. The highest BCUT2D eigenvalue weighted by molar-refractivity contribution is 5.97. The molecular formula is C20H20F2N8O. The second-order valence-corrected chi connectivity index (χ2v) is 7.84. The molecule has 5 rings (SSSR count). The largest absolute Gasteiger partial charge is 0.346 e. The van der Waals surface area contributed by atoms with Crippen molar-refractivity contribution in [1.82, 2.24) is 34.3 Å². The van der Waals surface area contributed by atoms with E-state index in [9.17, 15) is 13.6 Å². The van der Waals surface area contributed by atoms with E-state index in [0.29, 0.717) is 28.2 Å². The Bertz CT molecular complexity index is 1290. The number of fused-ring (bicyclic) bond motifs is 2. The first-order valence-electron chi connectivity index (χ1n) is 9.86. The number of aromatic nitrogens is 6. The average Bonchev–Trinajstić information content (AvgIpc) is 3.36. The van der Waals surface area contributed by atoms with Gasteiger partial charge < -0.3 is 9.80 Å². The Labute approximate surface area is 175 Å². The summed E-state index contributed by atoms with van der Waals surface area (Å²) in [5, 5.41) is 9.51. The number of anilines is 1. The topological polar surface area (TPSA) is 84.5 Å². The molecule has 31 heavy (non-hydrogen) atoms. The Balaban J connectivity index is 1.44. The lowest BCUT2D eigenvalue weighted by molar-refractivity contribution is -0.0494. The number of alkyl halides is 2. The number of pyridine rings is 2. The fourth-order valence-corrected chi connectivity index (χ4v) is 3.62. The zero-order valence-electron chi connectivity index (χ0n) is 17.0. The first kappa shape index (κ1) is 19.3. The Hall–Kier alpha value is -3.63. The van der Waals surface area contributed by atoms with Crippen LogP contribution in [0, 0.1) is 0 Å². The summed E-state index contributed by atoms with van der Waals surface area (Å²) in [6.45, 7) is 0.0754. The van der Waals surface area contributed by atoms with Gasteiger partial charge in [0, 0.05) is 51.6 Å². The Morgan fingerprint density at radius 1 is 1.16 bits per heavy atom. The molecule has 4 aromatic heterocycles. The predicted octanol–water partition coefficient (Wildman–Crippen LogP) is 2.40. The Kier molecular flexibility index (Phi) is 4.34. The highest BCUT2D eigenvalue weighted by Crippen LogP contribution is 2.28. The van der Waals surface area contributed by atoms with Crippen LogP contribution in [-0.4, -0.2) is 73.3 Å². The van der Waals surface area contributed by atoms with Gasteiger partial charge in [-0.15, -0.1) is 5.10 Å². The van der Waals surface area contributed by atoms with E-state index in [1.165, 1.54) is 11.1 Å². The maximum Gasteiger partial charge on any atom is 0.255 e.